The van der Waals surface area contributed by atoms with Crippen LogP contribution in [0.5, 0.6) is 0 Å². The molecule has 10 aromatic rings. The Kier molecular flexibility index (Phi) is 18.3. The average molecular weight is 1220 g/mol. The fourth-order valence-electron chi connectivity index (χ4n) is 15.3. The SMILES string of the molecule is COCCOCCC1(CCOCCOC)c2cc(C)ccc2-c2ccc(N(c3ccc(-c4ccc5c(c4)c4ccccc4n5-c4cccc5c4-c4ccccc4C5(C)C)cc3)c3ccc4c(c3)C(CCOCCOC)(CCOCCOC)c3cc(C)ccc3-4)cc21. The van der Waals surface area contributed by atoms with Gasteiger partial charge in [-0.15, -0.1) is 0 Å². The van der Waals surface area contributed by atoms with Crippen molar-refractivity contribution < 1.29 is 37.9 Å². The lowest BCUT2D eigenvalue weighted by Gasteiger charge is -2.35. The van der Waals surface area contributed by atoms with Gasteiger partial charge in [0, 0.05) is 105 Å². The highest BCUT2D eigenvalue weighted by Gasteiger charge is 2.46. The zero-order valence-electron chi connectivity index (χ0n) is 54.3. The van der Waals surface area contributed by atoms with Gasteiger partial charge in [-0.2, -0.15) is 0 Å². The molecular weight excluding hydrogens is 1130 g/mol. The predicted molar refractivity (Wildman–Crippen MR) is 370 cm³/mol. The summed E-state index contributed by atoms with van der Waals surface area (Å²) in [5.74, 6) is 0. The summed E-state index contributed by atoms with van der Waals surface area (Å²) < 4.78 is 49.9. The van der Waals surface area contributed by atoms with Crippen molar-refractivity contribution in [2.24, 2.45) is 0 Å². The molecule has 0 bridgehead atoms. The van der Waals surface area contributed by atoms with Crippen LogP contribution in [-0.4, -0.2) is 112 Å². The number of anilines is 3. The van der Waals surface area contributed by atoms with Crippen LogP contribution in [-0.2, 0) is 54.1 Å². The van der Waals surface area contributed by atoms with Crippen LogP contribution >= 0.6 is 0 Å². The molecule has 468 valence electrons. The zero-order chi connectivity index (χ0) is 62.7. The molecule has 0 radical (unpaired) electrons. The minimum absolute atomic E-state index is 0.111. The summed E-state index contributed by atoms with van der Waals surface area (Å²) in [7, 11) is 6.90. The molecule has 3 aliphatic carbocycles. The molecule has 10 nitrogen and oxygen atoms in total. The van der Waals surface area contributed by atoms with E-state index < -0.39 is 10.8 Å². The molecule has 10 heteroatoms. The van der Waals surface area contributed by atoms with Crippen molar-refractivity contribution >= 4 is 38.9 Å². The van der Waals surface area contributed by atoms with Crippen molar-refractivity contribution in [2.75, 3.05) is 113 Å². The minimum atomic E-state index is -0.413. The van der Waals surface area contributed by atoms with Crippen LogP contribution in [0.3, 0.4) is 0 Å². The first-order chi connectivity index (χ1) is 44.5. The number of hydrogen-bond acceptors (Lipinski definition) is 9. The summed E-state index contributed by atoms with van der Waals surface area (Å²) in [6.45, 7) is 15.6. The third-order valence-electron chi connectivity index (χ3n) is 19.9. The maximum absolute atomic E-state index is 6.39. The summed E-state index contributed by atoms with van der Waals surface area (Å²) in [5.41, 5.74) is 26.1. The van der Waals surface area contributed by atoms with Crippen molar-refractivity contribution in [3.05, 3.63) is 226 Å². The van der Waals surface area contributed by atoms with Gasteiger partial charge < -0.3 is 47.4 Å². The number of methoxy groups -OCH3 is 4. The third-order valence-corrected chi connectivity index (χ3v) is 19.9. The smallest absolute Gasteiger partial charge is 0.0700 e. The number of nitrogens with zero attached hydrogens (tertiary/aromatic N) is 2. The van der Waals surface area contributed by atoms with Gasteiger partial charge in [0.05, 0.1) is 69.6 Å². The molecule has 0 fully saturated rings. The van der Waals surface area contributed by atoms with E-state index in [1.807, 2.05) is 0 Å². The van der Waals surface area contributed by atoms with Crippen LogP contribution in [0, 0.1) is 13.8 Å². The minimum Gasteiger partial charge on any atom is -0.382 e. The zero-order valence-corrected chi connectivity index (χ0v) is 54.3. The Balaban J connectivity index is 0.956. The molecule has 0 aliphatic heterocycles. The molecule has 0 atom stereocenters. The first kappa shape index (κ1) is 62.1. The normalized spacial score (nSPS) is 14.4. The molecule has 0 N–H and O–H groups in total. The molecule has 13 rings (SSSR count). The van der Waals surface area contributed by atoms with Crippen molar-refractivity contribution in [1.82, 2.24) is 4.57 Å². The van der Waals surface area contributed by atoms with Crippen LogP contribution in [0.25, 0.3) is 72.0 Å². The molecule has 0 saturated carbocycles. The molecule has 0 unspecified atom stereocenters. The van der Waals surface area contributed by atoms with Crippen molar-refractivity contribution in [1.29, 1.82) is 0 Å². The lowest BCUT2D eigenvalue weighted by Crippen LogP contribution is -2.30. The number of ether oxygens (including phenoxy) is 8. The first-order valence-electron chi connectivity index (χ1n) is 32.5. The number of para-hydroxylation sites is 1. The number of aromatic nitrogens is 1. The lowest BCUT2D eigenvalue weighted by molar-refractivity contribution is 0.0490. The van der Waals surface area contributed by atoms with E-state index in [9.17, 15) is 0 Å². The van der Waals surface area contributed by atoms with E-state index in [-0.39, 0.29) is 5.41 Å². The Labute approximate surface area is 537 Å². The number of aryl methyl sites for hydroxylation is 2. The number of benzene rings is 9. The van der Waals surface area contributed by atoms with E-state index in [0.717, 1.165) is 53.9 Å². The van der Waals surface area contributed by atoms with Gasteiger partial charge in [0.2, 0.25) is 0 Å². The summed E-state index contributed by atoms with van der Waals surface area (Å²) in [4.78, 5) is 2.48. The highest BCUT2D eigenvalue weighted by Crippen LogP contribution is 2.58. The number of rotatable bonds is 29. The van der Waals surface area contributed by atoms with Crippen LogP contribution in [0.15, 0.2) is 182 Å². The molecule has 0 spiro atoms. The van der Waals surface area contributed by atoms with Gasteiger partial charge in [-0.05, 0) is 173 Å². The second kappa shape index (κ2) is 26.8. The highest BCUT2D eigenvalue weighted by molar-refractivity contribution is 6.11. The van der Waals surface area contributed by atoms with Crippen molar-refractivity contribution in [2.45, 2.75) is 69.6 Å². The van der Waals surface area contributed by atoms with Crippen LogP contribution < -0.4 is 4.90 Å². The molecule has 0 amide bonds. The van der Waals surface area contributed by atoms with E-state index in [2.05, 4.69) is 219 Å². The van der Waals surface area contributed by atoms with Gasteiger partial charge in [0.15, 0.2) is 0 Å². The Bertz CT molecular complexity index is 4070. The second-order valence-electron chi connectivity index (χ2n) is 25.5. The van der Waals surface area contributed by atoms with E-state index in [1.54, 1.807) is 28.4 Å². The maximum atomic E-state index is 6.39. The summed E-state index contributed by atoms with van der Waals surface area (Å²) in [6, 6.07) is 69.2. The molecule has 0 saturated heterocycles. The monoisotopic (exact) mass is 1210 g/mol. The van der Waals surface area contributed by atoms with Crippen LogP contribution in [0.1, 0.15) is 84.0 Å². The van der Waals surface area contributed by atoms with Gasteiger partial charge in [-0.1, -0.05) is 146 Å². The first-order valence-corrected chi connectivity index (χ1v) is 32.5. The van der Waals surface area contributed by atoms with Gasteiger partial charge >= 0.3 is 0 Å². The molecule has 1 aromatic heterocycles. The summed E-state index contributed by atoms with van der Waals surface area (Å²) >= 11 is 0. The molecule has 9 aromatic carbocycles. The molecular formula is C81H86N2O8. The fourth-order valence-corrected chi connectivity index (χ4v) is 15.3. The summed E-state index contributed by atoms with van der Waals surface area (Å²) in [6.07, 6.45) is 3.08. The van der Waals surface area contributed by atoms with E-state index in [0.29, 0.717) is 79.3 Å². The maximum Gasteiger partial charge on any atom is 0.0700 e. The Hall–Kier alpha value is -7.74. The van der Waals surface area contributed by atoms with Crippen LogP contribution in [0.2, 0.25) is 0 Å². The standard InChI is InChI=1S/C81H86N2O8/c1-55-20-29-62-64-31-27-60(53-73(64)80(71(62)50-55,34-38-88-46-42-84-5)35-39-89-47-43-85-6)82(61-28-32-65-63-30-21-56(2)51-72(63)81(74(65)54-61,36-40-90-48-44-86-7)37-41-91-49-45-87-8)59-25-22-57(23-26-59)58-24-33-76-68(52-58)66-14-10-12-18-75(66)83(76)77-19-13-17-70-78(77)67-15-9-11-16-69(67)79(70,3)4/h9-33,50-54H,34-49H2,1-8H3. The largest absolute Gasteiger partial charge is 0.382 e. The quantitative estimate of drug-likeness (QED) is 0.0426. The second-order valence-corrected chi connectivity index (χ2v) is 25.5. The number of hydrogen-bond donors (Lipinski definition) is 0. The van der Waals surface area contributed by atoms with Gasteiger partial charge in [0.1, 0.15) is 0 Å². The molecule has 1 heterocycles. The van der Waals surface area contributed by atoms with Gasteiger partial charge in [-0.3, -0.25) is 0 Å². The molecule has 3 aliphatic rings. The predicted octanol–water partition coefficient (Wildman–Crippen LogP) is 17.6. The van der Waals surface area contributed by atoms with E-state index in [1.165, 1.54) is 105 Å². The highest BCUT2D eigenvalue weighted by atomic mass is 16.5. The van der Waals surface area contributed by atoms with Crippen LogP contribution in [0.4, 0.5) is 17.1 Å². The van der Waals surface area contributed by atoms with E-state index >= 15 is 0 Å². The molecule has 91 heavy (non-hydrogen) atoms. The van der Waals surface area contributed by atoms with Gasteiger partial charge in [0.25, 0.3) is 0 Å². The van der Waals surface area contributed by atoms with Crippen molar-refractivity contribution in [3.8, 4) is 50.2 Å². The fraction of sp³-hybridized carbons (Fsp3) is 0.333. The average Bonchev–Trinajstić information content (AvgIpc) is 1.59. The Morgan fingerprint density at radius 3 is 1.31 bits per heavy atom. The topological polar surface area (TPSA) is 82.0 Å². The van der Waals surface area contributed by atoms with Crippen molar-refractivity contribution in [3.63, 3.8) is 0 Å². The summed E-state index contributed by atoms with van der Waals surface area (Å²) in [5, 5.41) is 2.45. The lowest BCUT2D eigenvalue weighted by atomic mass is 9.72. The van der Waals surface area contributed by atoms with Gasteiger partial charge in [-0.25, -0.2) is 0 Å². The Morgan fingerprint density at radius 2 is 0.780 bits per heavy atom. The Morgan fingerprint density at radius 1 is 0.341 bits per heavy atom. The number of fused-ring (bicyclic) bond motifs is 12. The third kappa shape index (κ3) is 11.4. The van der Waals surface area contributed by atoms with E-state index in [4.69, 9.17) is 37.9 Å².